The van der Waals surface area contributed by atoms with Crippen molar-refractivity contribution in [2.75, 3.05) is 0 Å². The highest BCUT2D eigenvalue weighted by Crippen LogP contribution is 2.27. The molecule has 0 saturated heterocycles. The van der Waals surface area contributed by atoms with Crippen molar-refractivity contribution in [1.29, 1.82) is 0 Å². The Bertz CT molecular complexity index is 331. The lowest BCUT2D eigenvalue weighted by Crippen LogP contribution is -2.08. The van der Waals surface area contributed by atoms with Crippen LogP contribution in [0.3, 0.4) is 0 Å². The summed E-state index contributed by atoms with van der Waals surface area (Å²) in [5.41, 5.74) is 8.73. The maximum atomic E-state index is 2.37. The van der Waals surface area contributed by atoms with E-state index in [0.29, 0.717) is 0 Å². The highest BCUT2D eigenvalue weighted by atomic mass is 14.2. The zero-order valence-corrected chi connectivity index (χ0v) is 15.0. The molecule has 1 aromatic rings. The van der Waals surface area contributed by atoms with Crippen molar-refractivity contribution in [1.82, 2.24) is 0 Å². The van der Waals surface area contributed by atoms with E-state index in [1.807, 2.05) is 0 Å². The van der Waals surface area contributed by atoms with Gasteiger partial charge in [0.05, 0.1) is 0 Å². The maximum Gasteiger partial charge on any atom is -0.0392 e. The number of hydrogen-bond donors (Lipinski definition) is 0. The minimum atomic E-state index is 0. The summed E-state index contributed by atoms with van der Waals surface area (Å²) < 4.78 is 0. The molecule has 22 heavy (non-hydrogen) atoms. The van der Waals surface area contributed by atoms with E-state index in [-0.39, 0.29) is 14.9 Å². The Morgan fingerprint density at radius 2 is 0.591 bits per heavy atom. The first-order valence-electron chi connectivity index (χ1n) is 8.29. The van der Waals surface area contributed by atoms with Crippen molar-refractivity contribution < 1.29 is 0 Å². The minimum Gasteiger partial charge on any atom is -0.0776 e. The average molecular weight is 307 g/mol. The maximum absolute atomic E-state index is 2.37. The smallest absolute Gasteiger partial charge is 0.0392 e. The van der Waals surface area contributed by atoms with Gasteiger partial charge in [0.2, 0.25) is 0 Å². The molecule has 0 aliphatic heterocycles. The summed E-state index contributed by atoms with van der Waals surface area (Å²) in [6.45, 7) is 18.0. The van der Waals surface area contributed by atoms with Gasteiger partial charge >= 0.3 is 0 Å². The van der Waals surface area contributed by atoms with Crippen LogP contribution in [0, 0.1) is 53.4 Å². The quantitative estimate of drug-likeness (QED) is 0.462. The summed E-state index contributed by atoms with van der Waals surface area (Å²) in [6.07, 6.45) is 5.89. The highest BCUT2D eigenvalue weighted by Gasteiger charge is 2.13. The summed E-state index contributed by atoms with van der Waals surface area (Å²) in [5.74, 6) is 2.04. The molecule has 0 atom stereocenters. The Morgan fingerprint density at radius 3 is 0.727 bits per heavy atom. The molecule has 0 spiro atoms. The highest BCUT2D eigenvalue weighted by molar-refractivity contribution is 5.48. The molecule has 130 valence electrons. The molecule has 0 heterocycles. The second-order valence-corrected chi connectivity index (χ2v) is 7.12. The molecule has 0 amide bonds. The van der Waals surface area contributed by atoms with E-state index < -0.39 is 0 Å². The zero-order chi connectivity index (χ0) is 15.4. The topological polar surface area (TPSA) is 0 Å². The van der Waals surface area contributed by atoms with Crippen molar-refractivity contribution in [3.63, 3.8) is 0 Å². The Balaban J connectivity index is 0. The standard InChI is InChI=1S/C12H18.C8H16.2CH4/c1-7-8(2)10(4)12(6)11(5)9(7)3;1-7-3-5-8(2)6-4-7;;/h1-6H3;7-8H,3-6H2,1-2H3;2*1H4. The first kappa shape index (κ1) is 23.5. The van der Waals surface area contributed by atoms with E-state index in [9.17, 15) is 0 Å². The van der Waals surface area contributed by atoms with Gasteiger partial charge in [-0.15, -0.1) is 0 Å². The molecule has 1 fully saturated rings. The summed E-state index contributed by atoms with van der Waals surface area (Å²) in [7, 11) is 0. The van der Waals surface area contributed by atoms with E-state index in [1.54, 1.807) is 0 Å². The van der Waals surface area contributed by atoms with Gasteiger partial charge in [0.25, 0.3) is 0 Å². The second-order valence-electron chi connectivity index (χ2n) is 7.12. The molecule has 0 heteroatoms. The Kier molecular flexibility index (Phi) is 10.8. The fraction of sp³-hybridized carbons (Fsp3) is 0.727. The van der Waals surface area contributed by atoms with Crippen LogP contribution in [0.5, 0.6) is 0 Å². The molecule has 1 aromatic carbocycles. The van der Waals surface area contributed by atoms with Crippen molar-refractivity contribution in [2.24, 2.45) is 11.8 Å². The summed E-state index contributed by atoms with van der Waals surface area (Å²) in [5, 5.41) is 0. The van der Waals surface area contributed by atoms with E-state index in [1.165, 1.54) is 59.1 Å². The van der Waals surface area contributed by atoms with Crippen molar-refractivity contribution in [3.8, 4) is 0 Å². The lowest BCUT2D eigenvalue weighted by molar-refractivity contribution is 0.308. The van der Waals surface area contributed by atoms with Gasteiger partial charge in [0.1, 0.15) is 0 Å². The predicted octanol–water partition coefficient (Wildman–Crippen LogP) is 7.64. The van der Waals surface area contributed by atoms with Crippen LogP contribution in [0.25, 0.3) is 0 Å². The molecule has 0 unspecified atom stereocenters. The van der Waals surface area contributed by atoms with Crippen LogP contribution >= 0.6 is 0 Å². The molecule has 1 aliphatic carbocycles. The van der Waals surface area contributed by atoms with Gasteiger partial charge in [-0.05, 0) is 86.8 Å². The summed E-state index contributed by atoms with van der Waals surface area (Å²) in [6, 6.07) is 0. The molecule has 1 aliphatic rings. The van der Waals surface area contributed by atoms with Gasteiger partial charge in [-0.2, -0.15) is 0 Å². The largest absolute Gasteiger partial charge is 0.0776 e. The van der Waals surface area contributed by atoms with Crippen LogP contribution in [0.2, 0.25) is 0 Å². The van der Waals surface area contributed by atoms with Gasteiger partial charge in [-0.1, -0.05) is 54.4 Å². The lowest BCUT2D eigenvalue weighted by atomic mass is 9.84. The first-order chi connectivity index (χ1) is 9.25. The van der Waals surface area contributed by atoms with Gasteiger partial charge in [0.15, 0.2) is 0 Å². The first-order valence-corrected chi connectivity index (χ1v) is 8.29. The summed E-state index contributed by atoms with van der Waals surface area (Å²) in [4.78, 5) is 0. The van der Waals surface area contributed by atoms with E-state index >= 15 is 0 Å². The van der Waals surface area contributed by atoms with Crippen molar-refractivity contribution >= 4 is 0 Å². The van der Waals surface area contributed by atoms with Crippen LogP contribution < -0.4 is 0 Å². The normalized spacial score (nSPS) is 20.2. The fourth-order valence-corrected chi connectivity index (χ4v) is 3.11. The molecule has 1 saturated carbocycles. The summed E-state index contributed by atoms with van der Waals surface area (Å²) >= 11 is 0. The molecule has 0 N–H and O–H groups in total. The second kappa shape index (κ2) is 10.1. The zero-order valence-electron chi connectivity index (χ0n) is 15.0. The molecule has 2 rings (SSSR count). The van der Waals surface area contributed by atoms with Crippen LogP contribution in [0.15, 0.2) is 0 Å². The van der Waals surface area contributed by atoms with Crippen LogP contribution in [-0.2, 0) is 0 Å². The third-order valence-corrected chi connectivity index (χ3v) is 5.68. The molecule has 0 bridgehead atoms. The molecular formula is C22H42. The van der Waals surface area contributed by atoms with Gasteiger partial charge in [-0.25, -0.2) is 0 Å². The fourth-order valence-electron chi connectivity index (χ4n) is 3.11. The molecule has 0 nitrogen and oxygen atoms in total. The number of benzene rings is 1. The van der Waals surface area contributed by atoms with Gasteiger partial charge < -0.3 is 0 Å². The van der Waals surface area contributed by atoms with Crippen molar-refractivity contribution in [2.45, 2.75) is 95.9 Å². The molecule has 0 aromatic heterocycles. The van der Waals surface area contributed by atoms with E-state index in [2.05, 4.69) is 55.4 Å². The molecule has 0 radical (unpaired) electrons. The van der Waals surface area contributed by atoms with E-state index in [0.717, 1.165) is 11.8 Å². The van der Waals surface area contributed by atoms with Crippen LogP contribution in [0.4, 0.5) is 0 Å². The van der Waals surface area contributed by atoms with Gasteiger partial charge in [0, 0.05) is 0 Å². The van der Waals surface area contributed by atoms with Crippen LogP contribution in [0.1, 0.15) is 87.8 Å². The van der Waals surface area contributed by atoms with Gasteiger partial charge in [-0.3, -0.25) is 0 Å². The lowest BCUT2D eigenvalue weighted by Gasteiger charge is -2.22. The predicted molar refractivity (Wildman–Crippen MR) is 105 cm³/mol. The van der Waals surface area contributed by atoms with Crippen molar-refractivity contribution in [3.05, 3.63) is 33.4 Å². The average Bonchev–Trinajstić information content (AvgIpc) is 2.45. The van der Waals surface area contributed by atoms with Crippen LogP contribution in [-0.4, -0.2) is 0 Å². The Labute approximate surface area is 141 Å². The third-order valence-electron chi connectivity index (χ3n) is 5.68. The Hall–Kier alpha value is -0.780. The number of hydrogen-bond acceptors (Lipinski definition) is 0. The molecular weight excluding hydrogens is 264 g/mol. The third kappa shape index (κ3) is 5.78. The SMILES string of the molecule is C.C.CC1CCC(C)CC1.Cc1c(C)c(C)c(C)c(C)c1C. The monoisotopic (exact) mass is 306 g/mol. The Morgan fingerprint density at radius 1 is 0.455 bits per heavy atom. The minimum absolute atomic E-state index is 0. The number of rotatable bonds is 0. The van der Waals surface area contributed by atoms with E-state index in [4.69, 9.17) is 0 Å².